The van der Waals surface area contributed by atoms with Gasteiger partial charge in [0.2, 0.25) is 0 Å². The molecule has 2 rings (SSSR count). The molecule has 3 unspecified atom stereocenters. The summed E-state index contributed by atoms with van der Waals surface area (Å²) < 4.78 is 5.66. The first-order valence-electron chi connectivity index (χ1n) is 9.13. The van der Waals surface area contributed by atoms with Gasteiger partial charge in [-0.05, 0) is 43.6 Å². The Balaban J connectivity index is 2.06. The number of hydrogen-bond acceptors (Lipinski definition) is 3. The Bertz CT molecular complexity index is 298. The molecule has 2 fully saturated rings. The number of nitrogens with zero attached hydrogens (tertiary/aromatic N) is 1. The Morgan fingerprint density at radius 1 is 1.14 bits per heavy atom. The number of rotatable bonds is 5. The monoisotopic (exact) mass is 296 g/mol. The largest absolute Gasteiger partial charge is 0.380 e. The summed E-state index contributed by atoms with van der Waals surface area (Å²) in [5.74, 6) is 0.867. The average Bonchev–Trinajstić information content (AvgIpc) is 2.77. The summed E-state index contributed by atoms with van der Waals surface area (Å²) in [4.78, 5) is 2.72. The second kappa shape index (κ2) is 7.94. The van der Waals surface area contributed by atoms with Gasteiger partial charge < -0.3 is 10.1 Å². The molecule has 0 aromatic heterocycles. The summed E-state index contributed by atoms with van der Waals surface area (Å²) in [5.41, 5.74) is 0.484. The highest BCUT2D eigenvalue weighted by Crippen LogP contribution is 2.41. The Labute approximate surface area is 131 Å². The van der Waals surface area contributed by atoms with Crippen molar-refractivity contribution < 1.29 is 4.74 Å². The van der Waals surface area contributed by atoms with E-state index in [4.69, 9.17) is 4.74 Å². The molecule has 0 amide bonds. The molecule has 0 spiro atoms. The van der Waals surface area contributed by atoms with Crippen LogP contribution in [-0.4, -0.2) is 49.8 Å². The first-order valence-corrected chi connectivity index (χ1v) is 9.13. The average molecular weight is 296 g/mol. The minimum Gasteiger partial charge on any atom is -0.380 e. The lowest BCUT2D eigenvalue weighted by Gasteiger charge is -2.47. The standard InChI is InChI=1S/C18H36N2O/c1-5-18(3,4)15-8-9-16(19-6-2)17(14-15)20-10-7-12-21-13-11-20/h15-17,19H,5-14H2,1-4H3. The summed E-state index contributed by atoms with van der Waals surface area (Å²) in [6.07, 6.45) is 6.57. The molecule has 2 aliphatic rings. The number of likely N-dealkylation sites (N-methyl/N-ethyl adjacent to an activating group) is 1. The zero-order chi connectivity index (χ0) is 15.3. The second-order valence-electron chi connectivity index (χ2n) is 7.59. The predicted octanol–water partition coefficient (Wildman–Crippen LogP) is 3.29. The molecule has 0 radical (unpaired) electrons. The number of hydrogen-bond donors (Lipinski definition) is 1. The zero-order valence-electron chi connectivity index (χ0n) is 14.7. The molecule has 3 heteroatoms. The van der Waals surface area contributed by atoms with Crippen molar-refractivity contribution in [2.75, 3.05) is 32.8 Å². The van der Waals surface area contributed by atoms with Gasteiger partial charge in [0.05, 0.1) is 6.61 Å². The molecular formula is C18H36N2O. The lowest BCUT2D eigenvalue weighted by molar-refractivity contribution is 0.0476. The SMILES string of the molecule is CCNC1CCC(C(C)(C)CC)CC1N1CCCOCC1. The second-order valence-corrected chi connectivity index (χ2v) is 7.59. The molecule has 1 aliphatic heterocycles. The van der Waals surface area contributed by atoms with Crippen molar-refractivity contribution in [2.45, 2.75) is 71.9 Å². The van der Waals surface area contributed by atoms with Crippen LogP contribution in [-0.2, 0) is 4.74 Å². The van der Waals surface area contributed by atoms with Crippen LogP contribution >= 0.6 is 0 Å². The molecular weight excluding hydrogens is 260 g/mol. The third-order valence-electron chi connectivity index (χ3n) is 6.03. The minimum atomic E-state index is 0.484. The van der Waals surface area contributed by atoms with E-state index in [9.17, 15) is 0 Å². The fourth-order valence-corrected chi connectivity index (χ4v) is 4.15. The lowest BCUT2D eigenvalue weighted by atomic mass is 9.67. The predicted molar refractivity (Wildman–Crippen MR) is 89.7 cm³/mol. The van der Waals surface area contributed by atoms with Gasteiger partial charge in [-0.25, -0.2) is 0 Å². The normalized spacial score (nSPS) is 32.9. The first-order chi connectivity index (χ1) is 10.1. The van der Waals surface area contributed by atoms with Crippen molar-refractivity contribution in [3.8, 4) is 0 Å². The molecule has 1 aliphatic carbocycles. The molecule has 1 heterocycles. The fourth-order valence-electron chi connectivity index (χ4n) is 4.15. The molecule has 0 aromatic rings. The van der Waals surface area contributed by atoms with Gasteiger partial charge in [0.25, 0.3) is 0 Å². The third kappa shape index (κ3) is 4.43. The van der Waals surface area contributed by atoms with Crippen molar-refractivity contribution in [3.05, 3.63) is 0 Å². The summed E-state index contributed by atoms with van der Waals surface area (Å²) in [5, 5.41) is 3.76. The van der Waals surface area contributed by atoms with E-state index in [2.05, 4.69) is 37.9 Å². The van der Waals surface area contributed by atoms with Crippen molar-refractivity contribution in [3.63, 3.8) is 0 Å². The topological polar surface area (TPSA) is 24.5 Å². The van der Waals surface area contributed by atoms with Crippen molar-refractivity contribution in [1.29, 1.82) is 0 Å². The Morgan fingerprint density at radius 3 is 2.67 bits per heavy atom. The van der Waals surface area contributed by atoms with Gasteiger partial charge >= 0.3 is 0 Å². The van der Waals surface area contributed by atoms with E-state index >= 15 is 0 Å². The van der Waals surface area contributed by atoms with Crippen molar-refractivity contribution >= 4 is 0 Å². The maximum absolute atomic E-state index is 5.66. The van der Waals surface area contributed by atoms with Crippen LogP contribution in [0.4, 0.5) is 0 Å². The summed E-state index contributed by atoms with van der Waals surface area (Å²) in [6.45, 7) is 14.8. The highest BCUT2D eigenvalue weighted by atomic mass is 16.5. The molecule has 3 nitrogen and oxygen atoms in total. The van der Waals surface area contributed by atoms with Crippen molar-refractivity contribution in [2.24, 2.45) is 11.3 Å². The van der Waals surface area contributed by atoms with E-state index in [0.29, 0.717) is 17.5 Å². The molecule has 1 saturated carbocycles. The molecule has 0 bridgehead atoms. The molecule has 3 atom stereocenters. The molecule has 124 valence electrons. The van der Waals surface area contributed by atoms with Crippen LogP contribution in [0.1, 0.15) is 59.8 Å². The van der Waals surface area contributed by atoms with E-state index in [0.717, 1.165) is 32.2 Å². The third-order valence-corrected chi connectivity index (χ3v) is 6.03. The quantitative estimate of drug-likeness (QED) is 0.842. The molecule has 0 aromatic carbocycles. The van der Waals surface area contributed by atoms with Gasteiger partial charge in [0.15, 0.2) is 0 Å². The number of ether oxygens (including phenoxy) is 1. The van der Waals surface area contributed by atoms with Crippen LogP contribution in [0.2, 0.25) is 0 Å². The van der Waals surface area contributed by atoms with E-state index in [-0.39, 0.29) is 0 Å². The van der Waals surface area contributed by atoms with E-state index < -0.39 is 0 Å². The van der Waals surface area contributed by atoms with Gasteiger partial charge in [-0.15, -0.1) is 0 Å². The fraction of sp³-hybridized carbons (Fsp3) is 1.00. The molecule has 21 heavy (non-hydrogen) atoms. The van der Waals surface area contributed by atoms with Crippen LogP contribution in [0.25, 0.3) is 0 Å². The maximum Gasteiger partial charge on any atom is 0.0593 e. The maximum atomic E-state index is 5.66. The minimum absolute atomic E-state index is 0.484. The van der Waals surface area contributed by atoms with Crippen LogP contribution < -0.4 is 5.32 Å². The van der Waals surface area contributed by atoms with E-state index in [1.54, 1.807) is 0 Å². The highest BCUT2D eigenvalue weighted by molar-refractivity contribution is 4.95. The van der Waals surface area contributed by atoms with Crippen molar-refractivity contribution in [1.82, 2.24) is 10.2 Å². The Hall–Kier alpha value is -0.120. The molecule has 1 N–H and O–H groups in total. The van der Waals surface area contributed by atoms with Crippen LogP contribution in [0.3, 0.4) is 0 Å². The summed E-state index contributed by atoms with van der Waals surface area (Å²) in [6, 6.07) is 1.38. The smallest absolute Gasteiger partial charge is 0.0593 e. The lowest BCUT2D eigenvalue weighted by Crippen LogP contribution is -2.55. The van der Waals surface area contributed by atoms with Gasteiger partial charge in [0.1, 0.15) is 0 Å². The van der Waals surface area contributed by atoms with E-state index in [1.807, 2.05) is 0 Å². The van der Waals surface area contributed by atoms with Crippen LogP contribution in [0.15, 0.2) is 0 Å². The van der Waals surface area contributed by atoms with Crippen LogP contribution in [0, 0.1) is 11.3 Å². The number of nitrogens with one attached hydrogen (secondary N) is 1. The first kappa shape index (κ1) is 17.2. The van der Waals surface area contributed by atoms with Gasteiger partial charge in [-0.2, -0.15) is 0 Å². The van der Waals surface area contributed by atoms with E-state index in [1.165, 1.54) is 38.6 Å². The van der Waals surface area contributed by atoms with Gasteiger partial charge in [-0.3, -0.25) is 4.90 Å². The summed E-state index contributed by atoms with van der Waals surface area (Å²) in [7, 11) is 0. The Morgan fingerprint density at radius 2 is 1.95 bits per heavy atom. The highest BCUT2D eigenvalue weighted by Gasteiger charge is 2.39. The zero-order valence-corrected chi connectivity index (χ0v) is 14.7. The Kier molecular flexibility index (Phi) is 6.51. The van der Waals surface area contributed by atoms with Gasteiger partial charge in [-0.1, -0.05) is 34.1 Å². The summed E-state index contributed by atoms with van der Waals surface area (Å²) >= 11 is 0. The van der Waals surface area contributed by atoms with Gasteiger partial charge in [0, 0.05) is 31.8 Å². The molecule has 1 saturated heterocycles. The van der Waals surface area contributed by atoms with Crippen LogP contribution in [0.5, 0.6) is 0 Å².